The number of anilines is 1. The van der Waals surface area contributed by atoms with Gasteiger partial charge in [-0.3, -0.25) is 0 Å². The summed E-state index contributed by atoms with van der Waals surface area (Å²) in [5.74, 6) is 0.116. The van der Waals surface area contributed by atoms with Crippen molar-refractivity contribution >= 4 is 33.1 Å². The van der Waals surface area contributed by atoms with E-state index in [0.29, 0.717) is 37.1 Å². The Balaban J connectivity index is 1.42. The second kappa shape index (κ2) is 8.03. The molecule has 0 bridgehead atoms. The van der Waals surface area contributed by atoms with E-state index >= 15 is 0 Å². The van der Waals surface area contributed by atoms with Crippen LogP contribution in [0.2, 0.25) is 0 Å². The topological polar surface area (TPSA) is 140 Å². The molecule has 0 atom stereocenters. The Labute approximate surface area is 182 Å². The molecule has 8 nitrogen and oxygen atoms in total. The van der Waals surface area contributed by atoms with Crippen LogP contribution >= 0.6 is 0 Å². The second-order valence-corrected chi connectivity index (χ2v) is 11.2. The van der Waals surface area contributed by atoms with Crippen molar-refractivity contribution < 1.29 is 13.2 Å². The van der Waals surface area contributed by atoms with E-state index in [4.69, 9.17) is 11.5 Å². The number of nitrogens with one attached hydrogen (secondary N) is 2. The second-order valence-electron chi connectivity index (χ2n) is 8.63. The number of rotatable bonds is 8. The summed E-state index contributed by atoms with van der Waals surface area (Å²) in [6, 6.07) is 7.15. The van der Waals surface area contributed by atoms with Gasteiger partial charge in [-0.25, -0.2) is 18.2 Å². The standard InChI is InChI=1S/C22H29N5O3S/c1-14(15-3-5-16(6-4-15)26-21(28)27-17-7-8-17)25-20(24)13-19(23)22(11-2-12-22)31(29,30)18-9-10-18/h3-6,13,17-18H,1-2,7-12,23H2,(H2,24,25)(H2,26,27,28)/b19-13-. The monoisotopic (exact) mass is 443 g/mol. The highest BCUT2D eigenvalue weighted by molar-refractivity contribution is 7.94. The van der Waals surface area contributed by atoms with Gasteiger partial charge in [-0.2, -0.15) is 0 Å². The van der Waals surface area contributed by atoms with E-state index in [-0.39, 0.29) is 28.9 Å². The molecule has 3 aliphatic rings. The van der Waals surface area contributed by atoms with Crippen molar-refractivity contribution in [3.8, 4) is 0 Å². The minimum atomic E-state index is -3.30. The first-order chi connectivity index (χ1) is 14.7. The molecule has 3 aliphatic carbocycles. The van der Waals surface area contributed by atoms with Gasteiger partial charge < -0.3 is 22.1 Å². The van der Waals surface area contributed by atoms with Gasteiger partial charge >= 0.3 is 6.03 Å². The van der Waals surface area contributed by atoms with Crippen LogP contribution in [0.25, 0.3) is 5.70 Å². The van der Waals surface area contributed by atoms with Crippen molar-refractivity contribution in [2.75, 3.05) is 5.32 Å². The molecule has 1 aromatic carbocycles. The molecule has 3 fully saturated rings. The Morgan fingerprint density at radius 2 is 1.77 bits per heavy atom. The molecule has 0 spiro atoms. The number of nitrogens with zero attached hydrogens (tertiary/aromatic N) is 1. The summed E-state index contributed by atoms with van der Waals surface area (Å²) in [5.41, 5.74) is 14.3. The summed E-state index contributed by atoms with van der Waals surface area (Å²) in [6.07, 6.45) is 6.84. The van der Waals surface area contributed by atoms with Gasteiger partial charge in [-0.15, -0.1) is 0 Å². The molecule has 0 heterocycles. The van der Waals surface area contributed by atoms with E-state index in [1.54, 1.807) is 24.3 Å². The van der Waals surface area contributed by atoms with E-state index in [2.05, 4.69) is 22.2 Å². The number of carbonyl (C=O) groups excluding carboxylic acids is 1. The highest BCUT2D eigenvalue weighted by Crippen LogP contribution is 2.49. The lowest BCUT2D eigenvalue weighted by Gasteiger charge is -2.41. The van der Waals surface area contributed by atoms with E-state index in [0.717, 1.165) is 24.8 Å². The number of nitrogens with two attached hydrogens (primary N) is 2. The van der Waals surface area contributed by atoms with Gasteiger partial charge in [0, 0.05) is 23.5 Å². The molecule has 6 N–H and O–H groups in total. The number of sulfone groups is 1. The number of aliphatic imine (C=N–C) groups is 1. The predicted molar refractivity (Wildman–Crippen MR) is 123 cm³/mol. The van der Waals surface area contributed by atoms with E-state index in [9.17, 15) is 13.2 Å². The summed E-state index contributed by atoms with van der Waals surface area (Å²) in [4.78, 5) is 16.1. The molecule has 4 rings (SSSR count). The van der Waals surface area contributed by atoms with E-state index < -0.39 is 14.6 Å². The average molecular weight is 444 g/mol. The third-order valence-electron chi connectivity index (χ3n) is 6.15. The molecular formula is C22H29N5O3S. The maximum absolute atomic E-state index is 12.9. The van der Waals surface area contributed by atoms with Crippen molar-refractivity contribution in [3.05, 3.63) is 48.2 Å². The van der Waals surface area contributed by atoms with Crippen LogP contribution in [0.3, 0.4) is 0 Å². The van der Waals surface area contributed by atoms with Gasteiger partial charge in [0.15, 0.2) is 9.84 Å². The number of amidine groups is 1. The van der Waals surface area contributed by atoms with Gasteiger partial charge in [0.05, 0.1) is 10.9 Å². The van der Waals surface area contributed by atoms with E-state index in [1.807, 2.05) is 0 Å². The Hall–Kier alpha value is -2.81. The molecule has 0 aliphatic heterocycles. The van der Waals surface area contributed by atoms with Crippen molar-refractivity contribution in [1.82, 2.24) is 5.32 Å². The zero-order valence-corrected chi connectivity index (χ0v) is 18.2. The van der Waals surface area contributed by atoms with Crippen LogP contribution in [0.4, 0.5) is 10.5 Å². The number of benzene rings is 1. The molecule has 166 valence electrons. The fourth-order valence-electron chi connectivity index (χ4n) is 3.80. The zero-order chi connectivity index (χ0) is 22.2. The molecule has 0 radical (unpaired) electrons. The van der Waals surface area contributed by atoms with Crippen LogP contribution in [0.1, 0.15) is 50.5 Å². The summed E-state index contributed by atoms with van der Waals surface area (Å²) in [5, 5.41) is 5.37. The lowest BCUT2D eigenvalue weighted by molar-refractivity contribution is 0.251. The van der Waals surface area contributed by atoms with Crippen LogP contribution in [-0.4, -0.2) is 36.3 Å². The zero-order valence-electron chi connectivity index (χ0n) is 17.4. The molecule has 0 saturated heterocycles. The smallest absolute Gasteiger partial charge is 0.319 e. The third-order valence-corrected chi connectivity index (χ3v) is 9.23. The van der Waals surface area contributed by atoms with Gasteiger partial charge in [0.2, 0.25) is 0 Å². The summed E-state index contributed by atoms with van der Waals surface area (Å²) in [6.45, 7) is 3.94. The molecule has 31 heavy (non-hydrogen) atoms. The average Bonchev–Trinajstić information content (AvgIpc) is 3.54. The lowest BCUT2D eigenvalue weighted by atomic mass is 9.81. The maximum Gasteiger partial charge on any atom is 0.319 e. The first-order valence-corrected chi connectivity index (χ1v) is 12.2. The highest BCUT2D eigenvalue weighted by atomic mass is 32.2. The van der Waals surface area contributed by atoms with Gasteiger partial charge in [-0.1, -0.05) is 18.7 Å². The van der Waals surface area contributed by atoms with Gasteiger partial charge in [-0.05, 0) is 62.6 Å². The number of carbonyl (C=O) groups is 1. The molecule has 9 heteroatoms. The Morgan fingerprint density at radius 3 is 2.29 bits per heavy atom. The lowest BCUT2D eigenvalue weighted by Crippen LogP contribution is -2.51. The molecule has 2 amide bonds. The minimum absolute atomic E-state index is 0.116. The summed E-state index contributed by atoms with van der Waals surface area (Å²) in [7, 11) is -3.30. The van der Waals surface area contributed by atoms with Crippen LogP contribution in [0.5, 0.6) is 0 Å². The van der Waals surface area contributed by atoms with Crippen molar-refractivity contribution in [1.29, 1.82) is 0 Å². The van der Waals surface area contributed by atoms with Crippen LogP contribution in [0, 0.1) is 0 Å². The highest BCUT2D eigenvalue weighted by Gasteiger charge is 2.56. The molecule has 0 aromatic heterocycles. The maximum atomic E-state index is 12.9. The van der Waals surface area contributed by atoms with Gasteiger partial charge in [0.25, 0.3) is 0 Å². The van der Waals surface area contributed by atoms with Gasteiger partial charge in [0.1, 0.15) is 10.6 Å². The first kappa shape index (κ1) is 21.4. The Bertz CT molecular complexity index is 1050. The summed E-state index contributed by atoms with van der Waals surface area (Å²) >= 11 is 0. The minimum Gasteiger partial charge on any atom is -0.401 e. The fourth-order valence-corrected chi connectivity index (χ4v) is 6.44. The SMILES string of the molecule is C=C(N=C(N)/C=C(\N)C1(S(=O)(=O)C2CC2)CCC1)c1ccc(NC(=O)NC2CC2)cc1. The molecular weight excluding hydrogens is 414 g/mol. The Morgan fingerprint density at radius 1 is 1.13 bits per heavy atom. The number of amides is 2. The summed E-state index contributed by atoms with van der Waals surface area (Å²) < 4.78 is 24.8. The van der Waals surface area contributed by atoms with Crippen molar-refractivity contribution in [3.63, 3.8) is 0 Å². The van der Waals surface area contributed by atoms with Crippen LogP contribution < -0.4 is 22.1 Å². The van der Waals surface area contributed by atoms with Crippen LogP contribution in [0.15, 0.2) is 47.6 Å². The number of hydrogen-bond donors (Lipinski definition) is 4. The van der Waals surface area contributed by atoms with Crippen molar-refractivity contribution in [2.45, 2.75) is 61.0 Å². The molecule has 1 aromatic rings. The first-order valence-electron chi connectivity index (χ1n) is 10.6. The normalized spacial score (nSPS) is 21.2. The number of urea groups is 1. The molecule has 0 unspecified atom stereocenters. The predicted octanol–water partition coefficient (Wildman–Crippen LogP) is 2.64. The fraction of sp³-hybridized carbons (Fsp3) is 0.455. The van der Waals surface area contributed by atoms with Crippen molar-refractivity contribution in [2.24, 2.45) is 16.5 Å². The number of hydrogen-bond acceptors (Lipinski definition) is 5. The van der Waals surface area contributed by atoms with Crippen LogP contribution in [-0.2, 0) is 9.84 Å². The molecule has 3 saturated carbocycles. The Kier molecular flexibility index (Phi) is 5.55. The third kappa shape index (κ3) is 4.46. The van der Waals surface area contributed by atoms with E-state index in [1.165, 1.54) is 6.08 Å². The largest absolute Gasteiger partial charge is 0.401 e. The quantitative estimate of drug-likeness (QED) is 0.361.